The molecule has 0 bridgehead atoms. The molecule has 1 fully saturated rings. The normalized spacial score (nSPS) is 13.5. The summed E-state index contributed by atoms with van der Waals surface area (Å²) in [5.41, 5.74) is 3.05. The smallest absolute Gasteiger partial charge is 0.322 e. The lowest BCUT2D eigenvalue weighted by atomic mass is 10.1. The predicted molar refractivity (Wildman–Crippen MR) is 122 cm³/mol. The van der Waals surface area contributed by atoms with Crippen LogP contribution in [0.4, 0.5) is 17.4 Å². The van der Waals surface area contributed by atoms with Crippen molar-refractivity contribution in [3.63, 3.8) is 0 Å². The first-order chi connectivity index (χ1) is 15.9. The molecule has 2 heterocycles. The Labute approximate surface area is 190 Å². The molecule has 0 aliphatic carbocycles. The zero-order chi connectivity index (χ0) is 23.4. The minimum absolute atomic E-state index is 0.0895. The number of aryl methyl sites for hydroxylation is 1. The summed E-state index contributed by atoms with van der Waals surface area (Å²) >= 11 is 0. The number of nitrogens with one attached hydrogen (secondary N) is 2. The van der Waals surface area contributed by atoms with E-state index in [1.54, 1.807) is 31.2 Å². The molecule has 1 aliphatic rings. The third kappa shape index (κ3) is 5.35. The van der Waals surface area contributed by atoms with E-state index in [9.17, 15) is 14.4 Å². The van der Waals surface area contributed by atoms with Crippen LogP contribution >= 0.6 is 0 Å². The summed E-state index contributed by atoms with van der Waals surface area (Å²) in [7, 11) is 0. The van der Waals surface area contributed by atoms with Crippen LogP contribution in [0, 0.1) is 6.92 Å². The van der Waals surface area contributed by atoms with E-state index in [-0.39, 0.29) is 17.8 Å². The molecule has 10 heteroatoms. The standard InChI is InChI=1S/C23H24N6O4/c1-15-3-5-17(6-4-15)20(31)25-23-27-26-22(33-23)21(32)24-18-7-9-19(10-8-18)29-13-11-28(12-14-29)16(2)30/h3-10H,11-14H2,1-2H3,(H,24,32)(H,25,27,31). The molecule has 3 aromatic rings. The van der Waals surface area contributed by atoms with Crippen molar-refractivity contribution >= 4 is 35.1 Å². The van der Waals surface area contributed by atoms with Gasteiger partial charge in [-0.15, -0.1) is 5.10 Å². The molecule has 0 unspecified atom stereocenters. The molecule has 0 saturated carbocycles. The van der Waals surface area contributed by atoms with Crippen LogP contribution in [0.1, 0.15) is 33.5 Å². The zero-order valence-electron chi connectivity index (χ0n) is 18.4. The Morgan fingerprint density at radius 2 is 1.52 bits per heavy atom. The number of benzene rings is 2. The van der Waals surface area contributed by atoms with Gasteiger partial charge in [-0.1, -0.05) is 22.8 Å². The fourth-order valence-electron chi connectivity index (χ4n) is 3.46. The van der Waals surface area contributed by atoms with Crippen LogP contribution in [-0.2, 0) is 4.79 Å². The van der Waals surface area contributed by atoms with E-state index < -0.39 is 11.8 Å². The Balaban J connectivity index is 1.32. The van der Waals surface area contributed by atoms with Gasteiger partial charge in [-0.2, -0.15) is 0 Å². The third-order valence-corrected chi connectivity index (χ3v) is 5.37. The van der Waals surface area contributed by atoms with Crippen molar-refractivity contribution in [1.29, 1.82) is 0 Å². The van der Waals surface area contributed by atoms with Gasteiger partial charge < -0.3 is 19.5 Å². The maximum atomic E-state index is 12.4. The van der Waals surface area contributed by atoms with Crippen LogP contribution in [0.5, 0.6) is 0 Å². The first-order valence-electron chi connectivity index (χ1n) is 10.5. The number of nitrogens with zero attached hydrogens (tertiary/aromatic N) is 4. The molecule has 3 amide bonds. The molecule has 1 saturated heterocycles. The van der Waals surface area contributed by atoms with Gasteiger partial charge in [-0.3, -0.25) is 19.7 Å². The number of anilines is 3. The van der Waals surface area contributed by atoms with Crippen molar-refractivity contribution < 1.29 is 18.8 Å². The number of aromatic nitrogens is 2. The number of piperazine rings is 1. The number of rotatable bonds is 5. The molecule has 1 aliphatic heterocycles. The Hall–Kier alpha value is -4.21. The molecular formula is C23H24N6O4. The van der Waals surface area contributed by atoms with Gasteiger partial charge in [0.2, 0.25) is 5.91 Å². The average molecular weight is 448 g/mol. The first-order valence-corrected chi connectivity index (χ1v) is 10.5. The van der Waals surface area contributed by atoms with Crippen LogP contribution < -0.4 is 15.5 Å². The van der Waals surface area contributed by atoms with Gasteiger partial charge in [0.1, 0.15) is 0 Å². The number of carbonyl (C=O) groups is 3. The molecule has 0 spiro atoms. The van der Waals surface area contributed by atoms with Gasteiger partial charge in [0.15, 0.2) is 0 Å². The predicted octanol–water partition coefficient (Wildman–Crippen LogP) is 2.55. The van der Waals surface area contributed by atoms with E-state index >= 15 is 0 Å². The number of amides is 3. The van der Waals surface area contributed by atoms with Crippen molar-refractivity contribution in [2.45, 2.75) is 13.8 Å². The summed E-state index contributed by atoms with van der Waals surface area (Å²) in [6.45, 7) is 6.39. The van der Waals surface area contributed by atoms with E-state index in [1.807, 2.05) is 36.1 Å². The summed E-state index contributed by atoms with van der Waals surface area (Å²) in [4.78, 5) is 40.2. The first kappa shape index (κ1) is 22.0. The van der Waals surface area contributed by atoms with Gasteiger partial charge in [-0.05, 0) is 43.3 Å². The van der Waals surface area contributed by atoms with Crippen molar-refractivity contribution in [2.75, 3.05) is 41.7 Å². The minimum Gasteiger partial charge on any atom is -0.399 e. The van der Waals surface area contributed by atoms with Gasteiger partial charge in [-0.25, -0.2) is 0 Å². The topological polar surface area (TPSA) is 121 Å². The molecule has 10 nitrogen and oxygen atoms in total. The second-order valence-electron chi connectivity index (χ2n) is 7.73. The van der Waals surface area contributed by atoms with E-state index in [0.29, 0.717) is 24.3 Å². The van der Waals surface area contributed by atoms with Gasteiger partial charge in [0.05, 0.1) is 0 Å². The maximum Gasteiger partial charge on any atom is 0.322 e. The lowest BCUT2D eigenvalue weighted by Crippen LogP contribution is -2.48. The van der Waals surface area contributed by atoms with Gasteiger partial charge in [0.25, 0.3) is 5.91 Å². The molecule has 2 aromatic carbocycles. The Morgan fingerprint density at radius 1 is 0.848 bits per heavy atom. The quantitative estimate of drug-likeness (QED) is 0.615. The molecule has 170 valence electrons. The molecule has 0 radical (unpaired) electrons. The third-order valence-electron chi connectivity index (χ3n) is 5.37. The van der Waals surface area contributed by atoms with Crippen molar-refractivity contribution in [3.8, 4) is 0 Å². The summed E-state index contributed by atoms with van der Waals surface area (Å²) in [5.74, 6) is -1.17. The molecule has 33 heavy (non-hydrogen) atoms. The lowest BCUT2D eigenvalue weighted by molar-refractivity contribution is -0.129. The highest BCUT2D eigenvalue weighted by Gasteiger charge is 2.20. The fourth-order valence-corrected chi connectivity index (χ4v) is 3.46. The van der Waals surface area contributed by atoms with Crippen LogP contribution in [0.15, 0.2) is 52.9 Å². The molecular weight excluding hydrogens is 424 g/mol. The zero-order valence-corrected chi connectivity index (χ0v) is 18.4. The lowest BCUT2D eigenvalue weighted by Gasteiger charge is -2.35. The molecule has 2 N–H and O–H groups in total. The number of hydrogen-bond acceptors (Lipinski definition) is 7. The fraction of sp³-hybridized carbons (Fsp3) is 0.261. The van der Waals surface area contributed by atoms with E-state index in [1.165, 1.54) is 0 Å². The van der Waals surface area contributed by atoms with Crippen LogP contribution in [0.25, 0.3) is 0 Å². The van der Waals surface area contributed by atoms with Crippen LogP contribution in [0.3, 0.4) is 0 Å². The number of carbonyl (C=O) groups excluding carboxylic acids is 3. The highest BCUT2D eigenvalue weighted by molar-refractivity contribution is 6.04. The summed E-state index contributed by atoms with van der Waals surface area (Å²) in [5, 5.41) is 12.6. The maximum absolute atomic E-state index is 12.4. The van der Waals surface area contributed by atoms with Crippen molar-refractivity contribution in [1.82, 2.24) is 15.1 Å². The largest absolute Gasteiger partial charge is 0.399 e. The summed E-state index contributed by atoms with van der Waals surface area (Å²) in [6.07, 6.45) is 0. The molecule has 4 rings (SSSR count). The van der Waals surface area contributed by atoms with E-state index in [4.69, 9.17) is 4.42 Å². The monoisotopic (exact) mass is 448 g/mol. The summed E-state index contributed by atoms with van der Waals surface area (Å²) in [6, 6.07) is 14.2. The summed E-state index contributed by atoms with van der Waals surface area (Å²) < 4.78 is 5.28. The molecule has 1 aromatic heterocycles. The number of hydrogen-bond donors (Lipinski definition) is 2. The Kier molecular flexibility index (Phi) is 6.34. The second-order valence-corrected chi connectivity index (χ2v) is 7.73. The Bertz CT molecular complexity index is 1150. The molecule has 0 atom stereocenters. The van der Waals surface area contributed by atoms with E-state index in [2.05, 4.69) is 25.7 Å². The van der Waals surface area contributed by atoms with Crippen molar-refractivity contribution in [3.05, 3.63) is 65.5 Å². The van der Waals surface area contributed by atoms with Crippen LogP contribution in [-0.4, -0.2) is 59.0 Å². The minimum atomic E-state index is -0.582. The average Bonchev–Trinajstić information content (AvgIpc) is 3.29. The highest BCUT2D eigenvalue weighted by Crippen LogP contribution is 2.20. The SMILES string of the molecule is CC(=O)N1CCN(c2ccc(NC(=O)c3nnc(NC(=O)c4ccc(C)cc4)o3)cc2)CC1. The van der Waals surface area contributed by atoms with Gasteiger partial charge in [0, 0.05) is 50.0 Å². The van der Waals surface area contributed by atoms with E-state index in [0.717, 1.165) is 24.3 Å². The van der Waals surface area contributed by atoms with Crippen molar-refractivity contribution in [2.24, 2.45) is 0 Å². The Morgan fingerprint density at radius 3 is 2.15 bits per heavy atom. The second kappa shape index (κ2) is 9.51. The van der Waals surface area contributed by atoms with Gasteiger partial charge >= 0.3 is 17.8 Å². The van der Waals surface area contributed by atoms with Crippen LogP contribution in [0.2, 0.25) is 0 Å². The highest BCUT2D eigenvalue weighted by atomic mass is 16.4.